The summed E-state index contributed by atoms with van der Waals surface area (Å²) in [6, 6.07) is 17.2. The summed E-state index contributed by atoms with van der Waals surface area (Å²) in [6.07, 6.45) is 2.25. The van der Waals surface area contributed by atoms with E-state index in [4.69, 9.17) is 4.74 Å². The summed E-state index contributed by atoms with van der Waals surface area (Å²) in [7, 11) is 3.96. The van der Waals surface area contributed by atoms with E-state index in [9.17, 15) is 0 Å². The summed E-state index contributed by atoms with van der Waals surface area (Å²) in [4.78, 5) is 2.40. The Morgan fingerprint density at radius 2 is 1.74 bits per heavy atom. The number of rotatable bonds is 3. The van der Waals surface area contributed by atoms with Crippen LogP contribution >= 0.6 is 0 Å². The minimum absolute atomic E-state index is 0.954. The van der Waals surface area contributed by atoms with Gasteiger partial charge in [-0.25, -0.2) is 0 Å². The number of hydrogen-bond acceptors (Lipinski definition) is 2. The van der Waals surface area contributed by atoms with Gasteiger partial charge < -0.3 is 9.64 Å². The molecule has 23 heavy (non-hydrogen) atoms. The maximum absolute atomic E-state index is 5.65. The summed E-state index contributed by atoms with van der Waals surface area (Å²) >= 11 is 0. The van der Waals surface area contributed by atoms with E-state index in [1.165, 1.54) is 22.3 Å². The van der Waals surface area contributed by atoms with Gasteiger partial charge in [0, 0.05) is 18.7 Å². The van der Waals surface area contributed by atoms with Crippen molar-refractivity contribution < 1.29 is 4.74 Å². The third-order valence-corrected chi connectivity index (χ3v) is 4.63. The van der Waals surface area contributed by atoms with E-state index in [2.05, 4.69) is 61.3 Å². The lowest BCUT2D eigenvalue weighted by Crippen LogP contribution is -2.27. The Bertz CT molecular complexity index is 707. The largest absolute Gasteiger partial charge is 0.496 e. The molecule has 0 N–H and O–H groups in total. The van der Waals surface area contributed by atoms with Crippen LogP contribution in [0.4, 0.5) is 0 Å². The van der Waals surface area contributed by atoms with Gasteiger partial charge in [0.1, 0.15) is 5.75 Å². The van der Waals surface area contributed by atoms with Gasteiger partial charge in [-0.1, -0.05) is 53.6 Å². The van der Waals surface area contributed by atoms with Crippen molar-refractivity contribution in [1.29, 1.82) is 0 Å². The molecule has 0 spiro atoms. The smallest absolute Gasteiger partial charge is 0.126 e. The molecular weight excluding hydrogens is 282 g/mol. The molecule has 1 aliphatic heterocycles. The summed E-state index contributed by atoms with van der Waals surface area (Å²) in [5.74, 6) is 0.954. The molecule has 0 bridgehead atoms. The van der Waals surface area contributed by atoms with E-state index < -0.39 is 0 Å². The standard InChI is InChI=1S/C21H25NO/c1-16-7-6-8-18(15-16)21(17-11-13-22(2)14-12-17)19-9-4-5-10-20(19)23-3/h4-10,15H,11-14H2,1-3H3. The zero-order valence-electron chi connectivity index (χ0n) is 14.3. The highest BCUT2D eigenvalue weighted by Crippen LogP contribution is 2.36. The van der Waals surface area contributed by atoms with Crippen LogP contribution in [-0.4, -0.2) is 32.1 Å². The van der Waals surface area contributed by atoms with Gasteiger partial charge in [-0.15, -0.1) is 0 Å². The fraction of sp³-hybridized carbons (Fsp3) is 0.333. The molecule has 0 unspecified atom stereocenters. The normalized spacial score (nSPS) is 15.5. The van der Waals surface area contributed by atoms with Crippen LogP contribution in [0.3, 0.4) is 0 Å². The van der Waals surface area contributed by atoms with Crippen LogP contribution in [0.25, 0.3) is 5.57 Å². The molecule has 0 aromatic heterocycles. The third kappa shape index (κ3) is 3.48. The van der Waals surface area contributed by atoms with Gasteiger partial charge in [0.25, 0.3) is 0 Å². The molecule has 0 radical (unpaired) electrons. The number of aryl methyl sites for hydroxylation is 1. The van der Waals surface area contributed by atoms with E-state index >= 15 is 0 Å². The highest BCUT2D eigenvalue weighted by atomic mass is 16.5. The zero-order valence-corrected chi connectivity index (χ0v) is 14.3. The maximum Gasteiger partial charge on any atom is 0.126 e. The Hall–Kier alpha value is -2.06. The Kier molecular flexibility index (Phi) is 4.82. The molecule has 120 valence electrons. The number of likely N-dealkylation sites (tertiary alicyclic amines) is 1. The molecule has 0 saturated carbocycles. The van der Waals surface area contributed by atoms with E-state index in [1.807, 2.05) is 6.07 Å². The SMILES string of the molecule is COc1ccccc1C(=C1CCN(C)CC1)c1cccc(C)c1. The summed E-state index contributed by atoms with van der Waals surface area (Å²) in [5.41, 5.74) is 6.70. The fourth-order valence-corrected chi connectivity index (χ4v) is 3.34. The van der Waals surface area contributed by atoms with Gasteiger partial charge in [-0.3, -0.25) is 0 Å². The lowest BCUT2D eigenvalue weighted by Gasteiger charge is -2.27. The highest BCUT2D eigenvalue weighted by Gasteiger charge is 2.19. The van der Waals surface area contributed by atoms with Crippen molar-refractivity contribution in [2.24, 2.45) is 0 Å². The number of hydrogen-bond donors (Lipinski definition) is 0. The molecule has 1 fully saturated rings. The van der Waals surface area contributed by atoms with Crippen LogP contribution in [0.2, 0.25) is 0 Å². The molecule has 0 atom stereocenters. The Morgan fingerprint density at radius 3 is 2.43 bits per heavy atom. The number of ether oxygens (including phenoxy) is 1. The third-order valence-electron chi connectivity index (χ3n) is 4.63. The highest BCUT2D eigenvalue weighted by molar-refractivity contribution is 5.85. The first-order valence-corrected chi connectivity index (χ1v) is 8.30. The van der Waals surface area contributed by atoms with E-state index in [1.54, 1.807) is 12.7 Å². The molecule has 2 nitrogen and oxygen atoms in total. The number of para-hydroxylation sites is 1. The molecule has 0 aliphatic carbocycles. The number of piperidine rings is 1. The van der Waals surface area contributed by atoms with Crippen LogP contribution in [-0.2, 0) is 0 Å². The van der Waals surface area contributed by atoms with Gasteiger partial charge in [0.05, 0.1) is 7.11 Å². The topological polar surface area (TPSA) is 12.5 Å². The molecule has 1 heterocycles. The number of benzene rings is 2. The quantitative estimate of drug-likeness (QED) is 0.826. The molecule has 1 saturated heterocycles. The zero-order chi connectivity index (χ0) is 16.2. The predicted molar refractivity (Wildman–Crippen MR) is 96.9 cm³/mol. The molecule has 2 aromatic carbocycles. The number of methoxy groups -OCH3 is 1. The summed E-state index contributed by atoms with van der Waals surface area (Å²) in [5, 5.41) is 0. The molecule has 2 heteroatoms. The first-order valence-electron chi connectivity index (χ1n) is 8.30. The van der Waals surface area contributed by atoms with Crippen LogP contribution < -0.4 is 4.74 Å². The van der Waals surface area contributed by atoms with Crippen molar-refractivity contribution in [3.8, 4) is 5.75 Å². The Balaban J connectivity index is 2.16. The van der Waals surface area contributed by atoms with Crippen LogP contribution in [0.15, 0.2) is 54.1 Å². The summed E-state index contributed by atoms with van der Waals surface area (Å²) < 4.78 is 5.65. The lowest BCUT2D eigenvalue weighted by atomic mass is 9.87. The second-order valence-corrected chi connectivity index (χ2v) is 6.35. The predicted octanol–water partition coefficient (Wildman–Crippen LogP) is 4.53. The first-order chi connectivity index (χ1) is 11.2. The molecule has 3 rings (SSSR count). The van der Waals surface area contributed by atoms with Gasteiger partial charge in [0.2, 0.25) is 0 Å². The van der Waals surface area contributed by atoms with Gasteiger partial charge in [-0.2, -0.15) is 0 Å². The van der Waals surface area contributed by atoms with Crippen LogP contribution in [0.5, 0.6) is 5.75 Å². The van der Waals surface area contributed by atoms with Gasteiger partial charge in [-0.05, 0) is 44.0 Å². The average molecular weight is 307 g/mol. The average Bonchev–Trinajstić information content (AvgIpc) is 2.57. The minimum Gasteiger partial charge on any atom is -0.496 e. The lowest BCUT2D eigenvalue weighted by molar-refractivity contribution is 0.313. The second-order valence-electron chi connectivity index (χ2n) is 6.35. The van der Waals surface area contributed by atoms with Crippen molar-refractivity contribution in [1.82, 2.24) is 4.90 Å². The van der Waals surface area contributed by atoms with Gasteiger partial charge in [0.15, 0.2) is 0 Å². The summed E-state index contributed by atoms with van der Waals surface area (Å²) in [6.45, 7) is 4.41. The van der Waals surface area contributed by atoms with Gasteiger partial charge >= 0.3 is 0 Å². The van der Waals surface area contributed by atoms with Crippen LogP contribution in [0.1, 0.15) is 29.5 Å². The van der Waals surface area contributed by atoms with E-state index in [0.29, 0.717) is 0 Å². The van der Waals surface area contributed by atoms with Crippen molar-refractivity contribution in [3.05, 3.63) is 70.8 Å². The van der Waals surface area contributed by atoms with Crippen molar-refractivity contribution in [3.63, 3.8) is 0 Å². The van der Waals surface area contributed by atoms with Crippen molar-refractivity contribution in [2.45, 2.75) is 19.8 Å². The van der Waals surface area contributed by atoms with Crippen LogP contribution in [0, 0.1) is 6.92 Å². The Labute approximate surface area is 139 Å². The minimum atomic E-state index is 0.954. The fourth-order valence-electron chi connectivity index (χ4n) is 3.34. The second kappa shape index (κ2) is 7.01. The molecular formula is C21H25NO. The van der Waals surface area contributed by atoms with E-state index in [-0.39, 0.29) is 0 Å². The maximum atomic E-state index is 5.65. The molecule has 0 amide bonds. The van der Waals surface area contributed by atoms with Crippen molar-refractivity contribution >= 4 is 5.57 Å². The van der Waals surface area contributed by atoms with Crippen molar-refractivity contribution in [2.75, 3.05) is 27.2 Å². The van der Waals surface area contributed by atoms with E-state index in [0.717, 1.165) is 31.7 Å². The molecule has 1 aliphatic rings. The number of nitrogens with zero attached hydrogens (tertiary/aromatic N) is 1. The first kappa shape index (κ1) is 15.8. The Morgan fingerprint density at radius 1 is 1.00 bits per heavy atom. The monoisotopic (exact) mass is 307 g/mol. The molecule has 2 aromatic rings.